The SMILES string of the molecule is CC(C)OC(=O)[C@H](C)OP(=O)(OC[C@H]1O[C@@H](n2cnc(=O)[nH]c2=O)C(F)(C#CCl)[C@H]1O)Oc1ccccc1. The third-order valence-corrected chi connectivity index (χ3v) is 6.58. The van der Waals surface area contributed by atoms with E-state index in [1.165, 1.54) is 19.1 Å². The van der Waals surface area contributed by atoms with Crippen LogP contribution in [0, 0.1) is 11.3 Å². The molecule has 1 aromatic carbocycles. The van der Waals surface area contributed by atoms with Gasteiger partial charge >= 0.3 is 25.2 Å². The zero-order chi connectivity index (χ0) is 28.1. The highest BCUT2D eigenvalue weighted by Gasteiger charge is 2.58. The van der Waals surface area contributed by atoms with Gasteiger partial charge in [0.05, 0.1) is 12.7 Å². The smallest absolute Gasteiger partial charge is 0.461 e. The van der Waals surface area contributed by atoms with Gasteiger partial charge < -0.3 is 19.1 Å². The van der Waals surface area contributed by atoms with Crippen LogP contribution in [0.4, 0.5) is 4.39 Å². The van der Waals surface area contributed by atoms with Gasteiger partial charge in [-0.25, -0.2) is 23.3 Å². The van der Waals surface area contributed by atoms with Crippen molar-refractivity contribution in [2.45, 2.75) is 57.1 Å². The summed E-state index contributed by atoms with van der Waals surface area (Å²) < 4.78 is 56.4. The molecule has 2 unspecified atom stereocenters. The fourth-order valence-corrected chi connectivity index (χ4v) is 4.79. The van der Waals surface area contributed by atoms with Gasteiger partial charge in [0.15, 0.2) is 12.3 Å². The summed E-state index contributed by atoms with van der Waals surface area (Å²) in [6, 6.07) is 7.68. The van der Waals surface area contributed by atoms with Gasteiger partial charge in [0, 0.05) is 5.38 Å². The lowest BCUT2D eigenvalue weighted by Crippen LogP contribution is -2.45. The van der Waals surface area contributed by atoms with Crippen molar-refractivity contribution in [1.82, 2.24) is 14.5 Å². The summed E-state index contributed by atoms with van der Waals surface area (Å²) in [5, 5.41) is 12.5. The molecule has 1 fully saturated rings. The second-order valence-electron chi connectivity index (χ2n) is 8.23. The maximum Gasteiger partial charge on any atom is 0.530 e. The lowest BCUT2D eigenvalue weighted by molar-refractivity contribution is -0.156. The van der Waals surface area contributed by atoms with Gasteiger partial charge in [0.2, 0.25) is 5.67 Å². The predicted octanol–water partition coefficient (Wildman–Crippen LogP) is 1.66. The molecule has 2 N–H and O–H groups in total. The minimum Gasteiger partial charge on any atom is -0.461 e. The molecule has 0 aliphatic carbocycles. The van der Waals surface area contributed by atoms with Crippen LogP contribution in [0.2, 0.25) is 0 Å². The van der Waals surface area contributed by atoms with Crippen molar-refractivity contribution in [3.05, 3.63) is 57.6 Å². The van der Waals surface area contributed by atoms with Crippen LogP contribution >= 0.6 is 19.4 Å². The maximum atomic E-state index is 15.8. The van der Waals surface area contributed by atoms with E-state index in [9.17, 15) is 24.1 Å². The molecule has 0 spiro atoms. The van der Waals surface area contributed by atoms with Crippen LogP contribution in [0.25, 0.3) is 0 Å². The van der Waals surface area contributed by atoms with Crippen molar-refractivity contribution in [2.24, 2.45) is 0 Å². The molecule has 0 saturated carbocycles. The number of halogens is 2. The third kappa shape index (κ3) is 6.87. The first-order chi connectivity index (χ1) is 17.9. The van der Waals surface area contributed by atoms with Crippen LogP contribution in [-0.2, 0) is 27.9 Å². The number of H-pyrrole nitrogens is 1. The van der Waals surface area contributed by atoms with Crippen LogP contribution < -0.4 is 15.9 Å². The number of aromatic amines is 1. The highest BCUT2D eigenvalue weighted by atomic mass is 35.5. The van der Waals surface area contributed by atoms with Crippen LogP contribution in [0.5, 0.6) is 5.75 Å². The molecule has 1 saturated heterocycles. The molecule has 0 bridgehead atoms. The van der Waals surface area contributed by atoms with E-state index in [1.54, 1.807) is 37.4 Å². The number of carbonyl (C=O) groups excluding carboxylic acids is 1. The van der Waals surface area contributed by atoms with Gasteiger partial charge in [0.25, 0.3) is 0 Å². The van der Waals surface area contributed by atoms with E-state index in [-0.39, 0.29) is 5.75 Å². The van der Waals surface area contributed by atoms with Crippen molar-refractivity contribution in [3.63, 3.8) is 0 Å². The Bertz CT molecular complexity index is 1360. The van der Waals surface area contributed by atoms with Crippen LogP contribution in [0.3, 0.4) is 0 Å². The molecular weight excluding hydrogens is 552 g/mol. The minimum atomic E-state index is -4.64. The van der Waals surface area contributed by atoms with Crippen LogP contribution in [0.1, 0.15) is 27.0 Å². The van der Waals surface area contributed by atoms with Gasteiger partial charge in [-0.1, -0.05) is 18.2 Å². The largest absolute Gasteiger partial charge is 0.530 e. The number of hydrogen-bond acceptors (Lipinski definition) is 11. The molecule has 6 atom stereocenters. The number of aliphatic hydroxyl groups is 1. The quantitative estimate of drug-likeness (QED) is 0.240. The molecule has 3 rings (SSSR count). The predicted molar refractivity (Wildman–Crippen MR) is 129 cm³/mol. The fraction of sp³-hybridized carbons (Fsp3) is 0.455. The molecule has 1 aromatic heterocycles. The number of esters is 1. The topological polar surface area (TPSA) is 168 Å². The van der Waals surface area contributed by atoms with Crippen molar-refractivity contribution in [2.75, 3.05) is 6.61 Å². The summed E-state index contributed by atoms with van der Waals surface area (Å²) in [7, 11) is -4.64. The van der Waals surface area contributed by atoms with Gasteiger partial charge in [-0.05, 0) is 50.4 Å². The molecule has 38 heavy (non-hydrogen) atoms. The van der Waals surface area contributed by atoms with E-state index in [1.807, 2.05) is 10.9 Å². The molecular formula is C22H24ClFN3O10P. The molecule has 2 heterocycles. The molecule has 16 heteroatoms. The number of hydrogen-bond donors (Lipinski definition) is 2. The maximum absolute atomic E-state index is 15.8. The van der Waals surface area contributed by atoms with Crippen molar-refractivity contribution >= 4 is 25.4 Å². The Morgan fingerprint density at radius 1 is 1.34 bits per heavy atom. The molecule has 2 aromatic rings. The van der Waals surface area contributed by atoms with Gasteiger partial charge in [-0.2, -0.15) is 4.98 Å². The molecule has 0 amide bonds. The van der Waals surface area contributed by atoms with Crippen LogP contribution in [-0.4, -0.2) is 62.3 Å². The van der Waals surface area contributed by atoms with Crippen molar-refractivity contribution in [1.29, 1.82) is 0 Å². The number of para-hydroxylation sites is 1. The van der Waals surface area contributed by atoms with E-state index in [0.29, 0.717) is 10.9 Å². The third-order valence-electron chi connectivity index (χ3n) is 5.01. The average molecular weight is 576 g/mol. The second-order valence-corrected chi connectivity index (χ2v) is 9.96. The molecule has 0 radical (unpaired) electrons. The number of carbonyl (C=O) groups is 1. The highest BCUT2D eigenvalue weighted by molar-refractivity contribution is 7.49. The second kappa shape index (κ2) is 12.2. The average Bonchev–Trinajstić information content (AvgIpc) is 3.08. The lowest BCUT2D eigenvalue weighted by atomic mass is 9.97. The summed E-state index contributed by atoms with van der Waals surface area (Å²) in [5.74, 6) is 1.13. The Balaban J connectivity index is 1.86. The summed E-state index contributed by atoms with van der Waals surface area (Å²) in [6.07, 6.45) is -6.87. The van der Waals surface area contributed by atoms with E-state index >= 15 is 4.39 Å². The first-order valence-electron chi connectivity index (χ1n) is 11.1. The highest BCUT2D eigenvalue weighted by Crippen LogP contribution is 2.52. The first kappa shape index (κ1) is 29.5. The number of rotatable bonds is 10. The number of alkyl halides is 1. The number of aliphatic hydroxyl groups excluding tert-OH is 1. The number of benzene rings is 1. The van der Waals surface area contributed by atoms with E-state index < -0.39 is 68.1 Å². The number of ether oxygens (including phenoxy) is 2. The number of aromatic nitrogens is 3. The monoisotopic (exact) mass is 575 g/mol. The zero-order valence-corrected chi connectivity index (χ0v) is 21.9. The normalized spacial score (nSPS) is 25.2. The van der Waals surface area contributed by atoms with Gasteiger partial charge in [-0.3, -0.25) is 18.6 Å². The zero-order valence-electron chi connectivity index (χ0n) is 20.3. The number of nitrogens with one attached hydrogen (secondary N) is 1. The van der Waals surface area contributed by atoms with Gasteiger partial charge in [-0.15, -0.1) is 0 Å². The number of phosphoric acid groups is 1. The first-order valence-corrected chi connectivity index (χ1v) is 12.9. The van der Waals surface area contributed by atoms with Crippen molar-refractivity contribution < 1.29 is 41.9 Å². The van der Waals surface area contributed by atoms with E-state index in [2.05, 4.69) is 4.98 Å². The summed E-state index contributed by atoms with van der Waals surface area (Å²) in [5.41, 5.74) is -5.10. The number of nitrogens with zero attached hydrogens (tertiary/aromatic N) is 2. The fourth-order valence-electron chi connectivity index (χ4n) is 3.30. The van der Waals surface area contributed by atoms with Gasteiger partial charge in [0.1, 0.15) is 24.3 Å². The lowest BCUT2D eigenvalue weighted by Gasteiger charge is -2.24. The summed E-state index contributed by atoms with van der Waals surface area (Å²) in [6.45, 7) is 3.64. The molecule has 206 valence electrons. The Morgan fingerprint density at radius 2 is 2.03 bits per heavy atom. The summed E-state index contributed by atoms with van der Waals surface area (Å²) in [4.78, 5) is 40.9. The van der Waals surface area contributed by atoms with E-state index in [4.69, 9.17) is 34.6 Å². The van der Waals surface area contributed by atoms with Crippen molar-refractivity contribution in [3.8, 4) is 17.0 Å². The minimum absolute atomic E-state index is 0.0461. The Hall–Kier alpha value is -3.05. The van der Waals surface area contributed by atoms with E-state index in [0.717, 1.165) is 0 Å². The summed E-state index contributed by atoms with van der Waals surface area (Å²) >= 11 is 5.38. The molecule has 1 aliphatic heterocycles. The Labute approximate surface area is 220 Å². The molecule has 1 aliphatic rings. The Kier molecular flexibility index (Phi) is 9.48. The standard InChI is InChI=1S/C22H24ClFN3O10P/c1-13(2)34-18(29)14(3)36-38(32,37-15-7-5-4-6-8-15)33-11-16-17(28)22(24,9-10-23)19(35-16)27-12-25-20(30)26-21(27)31/h4-8,12-14,16-17,19,28H,11H2,1-3H3,(H,26,30,31)/t14-,16+,17-,19+,22?,38?/m0/s1. The Morgan fingerprint density at radius 3 is 2.63 bits per heavy atom. The number of phosphoric ester groups is 1. The molecule has 13 nitrogen and oxygen atoms in total. The van der Waals surface area contributed by atoms with Crippen LogP contribution in [0.15, 0.2) is 46.2 Å².